The van der Waals surface area contributed by atoms with Crippen LogP contribution in [0.5, 0.6) is 0 Å². The van der Waals surface area contributed by atoms with Gasteiger partial charge in [-0.1, -0.05) is 71.0 Å². The molecule has 1 aliphatic rings. The monoisotopic (exact) mass is 411 g/mol. The van der Waals surface area contributed by atoms with Gasteiger partial charge in [-0.3, -0.25) is 14.5 Å². The zero-order chi connectivity index (χ0) is 19.8. The molecule has 1 saturated heterocycles. The van der Waals surface area contributed by atoms with Gasteiger partial charge in [-0.2, -0.15) is 0 Å². The van der Waals surface area contributed by atoms with Crippen molar-refractivity contribution < 1.29 is 14.7 Å². The minimum absolute atomic E-state index is 0.0304. The van der Waals surface area contributed by atoms with Crippen molar-refractivity contribution in [2.45, 2.75) is 13.0 Å². The normalized spacial score (nSPS) is 18.6. The Hall–Kier alpha value is -3.03. The first kappa shape index (κ1) is 18.3. The van der Waals surface area contributed by atoms with Gasteiger partial charge in [0.2, 0.25) is 5.13 Å². The summed E-state index contributed by atoms with van der Waals surface area (Å²) in [5.74, 6) is -1.83. The van der Waals surface area contributed by atoms with Gasteiger partial charge in [0, 0.05) is 10.6 Å². The maximum atomic E-state index is 12.9. The number of carbonyl (C=O) groups is 2. The van der Waals surface area contributed by atoms with E-state index in [0.717, 1.165) is 16.9 Å². The number of ketones is 1. The second-order valence-electron chi connectivity index (χ2n) is 6.28. The molecule has 2 heterocycles. The molecule has 1 atom stereocenters. The quantitative estimate of drug-likeness (QED) is 0.398. The largest absolute Gasteiger partial charge is 0.507 e. The summed E-state index contributed by atoms with van der Waals surface area (Å²) >= 11 is 7.50. The van der Waals surface area contributed by atoms with E-state index < -0.39 is 17.7 Å². The number of anilines is 1. The van der Waals surface area contributed by atoms with Crippen LogP contribution in [0.2, 0.25) is 5.02 Å². The molecule has 1 amide bonds. The molecular weight excluding hydrogens is 398 g/mol. The SMILES string of the molecule is Cc1ccc(/C(O)=C2\C(=O)C(=O)N(c3nncs3)C2c2ccccc2Cl)cc1. The van der Waals surface area contributed by atoms with E-state index in [4.69, 9.17) is 11.6 Å². The summed E-state index contributed by atoms with van der Waals surface area (Å²) in [6.07, 6.45) is 0. The Kier molecular flexibility index (Phi) is 4.70. The van der Waals surface area contributed by atoms with E-state index in [1.54, 1.807) is 36.4 Å². The summed E-state index contributed by atoms with van der Waals surface area (Å²) in [6.45, 7) is 1.92. The van der Waals surface area contributed by atoms with Gasteiger partial charge in [-0.25, -0.2) is 0 Å². The minimum Gasteiger partial charge on any atom is -0.507 e. The fourth-order valence-corrected chi connectivity index (χ4v) is 3.98. The molecule has 0 bridgehead atoms. The molecule has 2 aromatic carbocycles. The Morgan fingerprint density at radius 2 is 1.86 bits per heavy atom. The zero-order valence-electron chi connectivity index (χ0n) is 14.7. The lowest BCUT2D eigenvalue weighted by Gasteiger charge is -2.23. The van der Waals surface area contributed by atoms with Crippen molar-refractivity contribution in [3.8, 4) is 0 Å². The summed E-state index contributed by atoms with van der Waals surface area (Å²) in [6, 6.07) is 13.0. The van der Waals surface area contributed by atoms with Gasteiger partial charge < -0.3 is 5.11 Å². The number of hydrogen-bond donors (Lipinski definition) is 1. The van der Waals surface area contributed by atoms with E-state index >= 15 is 0 Å². The maximum absolute atomic E-state index is 12.9. The lowest BCUT2D eigenvalue weighted by molar-refractivity contribution is -0.132. The van der Waals surface area contributed by atoms with Crippen molar-refractivity contribution in [1.29, 1.82) is 0 Å². The summed E-state index contributed by atoms with van der Waals surface area (Å²) in [5.41, 5.74) is 3.41. The minimum atomic E-state index is -0.900. The molecule has 8 heteroatoms. The van der Waals surface area contributed by atoms with Gasteiger partial charge in [0.15, 0.2) is 0 Å². The third kappa shape index (κ3) is 2.98. The molecule has 0 saturated carbocycles. The van der Waals surface area contributed by atoms with Crippen molar-refractivity contribution in [2.24, 2.45) is 0 Å². The summed E-state index contributed by atoms with van der Waals surface area (Å²) in [4.78, 5) is 27.0. The molecule has 28 heavy (non-hydrogen) atoms. The van der Waals surface area contributed by atoms with Crippen molar-refractivity contribution in [3.63, 3.8) is 0 Å². The smallest absolute Gasteiger partial charge is 0.301 e. The highest BCUT2D eigenvalue weighted by molar-refractivity contribution is 7.13. The predicted octanol–water partition coefficient (Wildman–Crippen LogP) is 4.13. The van der Waals surface area contributed by atoms with Crippen molar-refractivity contribution in [2.75, 3.05) is 4.90 Å². The second-order valence-corrected chi connectivity index (χ2v) is 7.50. The van der Waals surface area contributed by atoms with Gasteiger partial charge in [0.25, 0.3) is 5.78 Å². The zero-order valence-corrected chi connectivity index (χ0v) is 16.2. The summed E-state index contributed by atoms with van der Waals surface area (Å²) in [5, 5.41) is 19.3. The molecular formula is C20H14ClN3O3S. The molecule has 0 radical (unpaired) electrons. The van der Waals surface area contributed by atoms with E-state index in [-0.39, 0.29) is 16.5 Å². The third-order valence-corrected chi connectivity index (χ3v) is 5.56. The number of aromatic nitrogens is 2. The first-order valence-electron chi connectivity index (χ1n) is 8.37. The van der Waals surface area contributed by atoms with E-state index in [1.165, 1.54) is 10.4 Å². The number of aryl methyl sites for hydroxylation is 1. The summed E-state index contributed by atoms with van der Waals surface area (Å²) in [7, 11) is 0. The van der Waals surface area contributed by atoms with E-state index in [2.05, 4.69) is 10.2 Å². The molecule has 140 valence electrons. The standard InChI is InChI=1S/C20H14ClN3O3S/c1-11-6-8-12(9-7-11)17(25)15-16(13-4-2-3-5-14(13)21)24(19(27)18(15)26)20-23-22-10-28-20/h2-10,16,25H,1H3/b17-15+. The maximum Gasteiger partial charge on any atom is 0.301 e. The fraction of sp³-hybridized carbons (Fsp3) is 0.100. The van der Waals surface area contributed by atoms with Crippen LogP contribution < -0.4 is 4.90 Å². The van der Waals surface area contributed by atoms with Crippen LogP contribution in [-0.2, 0) is 9.59 Å². The highest BCUT2D eigenvalue weighted by Gasteiger charge is 2.48. The highest BCUT2D eigenvalue weighted by Crippen LogP contribution is 2.44. The Morgan fingerprint density at radius 1 is 1.14 bits per heavy atom. The number of aliphatic hydroxyl groups is 1. The topological polar surface area (TPSA) is 83.4 Å². The van der Waals surface area contributed by atoms with Crippen molar-refractivity contribution in [3.05, 3.63) is 81.3 Å². The van der Waals surface area contributed by atoms with Crippen molar-refractivity contribution in [1.82, 2.24) is 10.2 Å². The molecule has 6 nitrogen and oxygen atoms in total. The van der Waals surface area contributed by atoms with Gasteiger partial charge in [0.1, 0.15) is 11.3 Å². The molecule has 1 aromatic heterocycles. The number of amides is 1. The predicted molar refractivity (Wildman–Crippen MR) is 107 cm³/mol. The molecule has 1 aliphatic heterocycles. The first-order valence-corrected chi connectivity index (χ1v) is 9.63. The van der Waals surface area contributed by atoms with E-state index in [0.29, 0.717) is 16.1 Å². The average molecular weight is 412 g/mol. The summed E-state index contributed by atoms with van der Waals surface area (Å²) < 4.78 is 0. The van der Waals surface area contributed by atoms with Crippen LogP contribution in [0.4, 0.5) is 5.13 Å². The number of rotatable bonds is 3. The van der Waals surface area contributed by atoms with Crippen LogP contribution in [0.3, 0.4) is 0 Å². The van der Waals surface area contributed by atoms with E-state index in [1.807, 2.05) is 19.1 Å². The average Bonchev–Trinajstić information content (AvgIpc) is 3.30. The first-order chi connectivity index (χ1) is 13.5. The number of carbonyl (C=O) groups excluding carboxylic acids is 2. The van der Waals surface area contributed by atoms with E-state index in [9.17, 15) is 14.7 Å². The molecule has 1 fully saturated rings. The lowest BCUT2D eigenvalue weighted by Crippen LogP contribution is -2.29. The number of hydrogen-bond acceptors (Lipinski definition) is 6. The van der Waals surface area contributed by atoms with Crippen LogP contribution in [0.15, 0.2) is 59.6 Å². The van der Waals surface area contributed by atoms with Crippen LogP contribution in [0.1, 0.15) is 22.7 Å². The molecule has 0 spiro atoms. The Morgan fingerprint density at radius 3 is 2.50 bits per heavy atom. The number of benzene rings is 2. The molecule has 0 aliphatic carbocycles. The van der Waals surface area contributed by atoms with Crippen LogP contribution in [0, 0.1) is 6.92 Å². The van der Waals surface area contributed by atoms with Crippen LogP contribution in [0.25, 0.3) is 5.76 Å². The van der Waals surface area contributed by atoms with Crippen LogP contribution >= 0.6 is 22.9 Å². The van der Waals surface area contributed by atoms with Crippen LogP contribution in [-0.4, -0.2) is 27.0 Å². The van der Waals surface area contributed by atoms with Crippen molar-refractivity contribution >= 4 is 45.5 Å². The number of aliphatic hydroxyl groups excluding tert-OH is 1. The van der Waals surface area contributed by atoms with Gasteiger partial charge in [0.05, 0.1) is 11.6 Å². The molecule has 4 rings (SSSR count). The van der Waals surface area contributed by atoms with Gasteiger partial charge >= 0.3 is 5.91 Å². The Balaban J connectivity index is 1.96. The number of nitrogens with zero attached hydrogens (tertiary/aromatic N) is 3. The van der Waals surface area contributed by atoms with Gasteiger partial charge in [-0.15, -0.1) is 10.2 Å². The molecule has 1 N–H and O–H groups in total. The Labute approximate surface area is 169 Å². The Bertz CT molecular complexity index is 1090. The fourth-order valence-electron chi connectivity index (χ4n) is 3.16. The second kappa shape index (κ2) is 7.18. The number of halogens is 1. The number of Topliss-reactive ketones (excluding diaryl/α,β-unsaturated/α-hetero) is 1. The lowest BCUT2D eigenvalue weighted by atomic mass is 9.95. The molecule has 1 unspecified atom stereocenters. The third-order valence-electron chi connectivity index (χ3n) is 4.52. The highest BCUT2D eigenvalue weighted by atomic mass is 35.5. The van der Waals surface area contributed by atoms with Gasteiger partial charge in [-0.05, 0) is 18.6 Å². The molecule has 3 aromatic rings.